The van der Waals surface area contributed by atoms with E-state index in [0.29, 0.717) is 12.5 Å². The predicted molar refractivity (Wildman–Crippen MR) is 64.3 cm³/mol. The van der Waals surface area contributed by atoms with Crippen molar-refractivity contribution in [3.63, 3.8) is 0 Å². The van der Waals surface area contributed by atoms with Crippen molar-refractivity contribution in [1.82, 2.24) is 0 Å². The summed E-state index contributed by atoms with van der Waals surface area (Å²) in [6.07, 6.45) is 2.88. The van der Waals surface area contributed by atoms with E-state index in [4.69, 9.17) is 10.5 Å². The highest BCUT2D eigenvalue weighted by Crippen LogP contribution is 2.38. The Labute approximate surface area is 99.6 Å². The average molecular weight is 239 g/mol. The molecule has 3 nitrogen and oxygen atoms in total. The van der Waals surface area contributed by atoms with Crippen molar-refractivity contribution in [2.75, 3.05) is 6.61 Å². The molecule has 16 heavy (non-hydrogen) atoms. The van der Waals surface area contributed by atoms with Crippen molar-refractivity contribution < 1.29 is 9.53 Å². The molecule has 1 aliphatic rings. The summed E-state index contributed by atoms with van der Waals surface area (Å²) in [5.74, 6) is 0.0632. The number of thiophene rings is 1. The largest absolute Gasteiger partial charge is 0.464 e. The van der Waals surface area contributed by atoms with E-state index in [1.54, 1.807) is 18.3 Å². The van der Waals surface area contributed by atoms with Gasteiger partial charge in [-0.15, -0.1) is 11.3 Å². The van der Waals surface area contributed by atoms with Gasteiger partial charge in [-0.2, -0.15) is 0 Å². The molecule has 1 unspecified atom stereocenters. The number of nitrogens with two attached hydrogens (primary N) is 1. The number of ether oxygens (including phenoxy) is 1. The second-order valence-corrected chi connectivity index (χ2v) is 5.55. The summed E-state index contributed by atoms with van der Waals surface area (Å²) in [6.45, 7) is 2.21. The maximum Gasteiger partial charge on any atom is 0.326 e. The first-order chi connectivity index (χ1) is 7.60. The van der Waals surface area contributed by atoms with Crippen LogP contribution in [-0.4, -0.2) is 18.1 Å². The summed E-state index contributed by atoms with van der Waals surface area (Å²) < 4.78 is 5.22. The lowest BCUT2D eigenvalue weighted by Crippen LogP contribution is -2.48. The van der Waals surface area contributed by atoms with Crippen LogP contribution in [0.5, 0.6) is 0 Å². The third-order valence-corrected chi connectivity index (χ3v) is 3.96. The molecule has 0 aliphatic heterocycles. The van der Waals surface area contributed by atoms with Crippen LogP contribution in [0.2, 0.25) is 0 Å². The summed E-state index contributed by atoms with van der Waals surface area (Å²) in [5.41, 5.74) is 5.17. The first kappa shape index (κ1) is 11.6. The molecule has 1 aromatic rings. The lowest BCUT2D eigenvalue weighted by atomic mass is 9.98. The zero-order chi connectivity index (χ0) is 11.6. The van der Waals surface area contributed by atoms with Gasteiger partial charge in [0.15, 0.2) is 0 Å². The van der Waals surface area contributed by atoms with Crippen molar-refractivity contribution in [1.29, 1.82) is 0 Å². The Morgan fingerprint density at radius 2 is 2.44 bits per heavy atom. The van der Waals surface area contributed by atoms with E-state index in [1.165, 1.54) is 4.88 Å². The van der Waals surface area contributed by atoms with Gasteiger partial charge < -0.3 is 10.5 Å². The van der Waals surface area contributed by atoms with Crippen LogP contribution in [0.25, 0.3) is 0 Å². The maximum atomic E-state index is 11.7. The molecule has 0 saturated heterocycles. The van der Waals surface area contributed by atoms with Crippen LogP contribution < -0.4 is 5.73 Å². The molecule has 1 aliphatic carbocycles. The van der Waals surface area contributed by atoms with Gasteiger partial charge in [-0.3, -0.25) is 4.79 Å². The monoisotopic (exact) mass is 239 g/mol. The number of carbonyl (C=O) groups is 1. The van der Waals surface area contributed by atoms with Gasteiger partial charge in [-0.05, 0) is 37.1 Å². The molecular formula is C12H17NO2S. The van der Waals surface area contributed by atoms with Gasteiger partial charge in [-0.1, -0.05) is 6.07 Å². The normalized spacial score (nSPS) is 19.1. The standard InChI is InChI=1S/C12H17NO2S/c1-12(13,9-4-5-9)11(14)15-7-6-10-3-2-8-16-10/h2-3,8-9H,4-7,13H2,1H3. The summed E-state index contributed by atoms with van der Waals surface area (Å²) in [6, 6.07) is 4.04. The molecule has 0 amide bonds. The van der Waals surface area contributed by atoms with Gasteiger partial charge in [0.2, 0.25) is 0 Å². The highest BCUT2D eigenvalue weighted by Gasteiger charge is 2.45. The Bertz CT molecular complexity index is 355. The molecule has 1 aromatic heterocycles. The number of rotatable bonds is 5. The lowest BCUT2D eigenvalue weighted by Gasteiger charge is -2.21. The van der Waals surface area contributed by atoms with Gasteiger partial charge >= 0.3 is 5.97 Å². The summed E-state index contributed by atoms with van der Waals surface area (Å²) in [7, 11) is 0. The van der Waals surface area contributed by atoms with Crippen LogP contribution >= 0.6 is 11.3 Å². The van der Waals surface area contributed by atoms with Gasteiger partial charge in [0, 0.05) is 11.3 Å². The Morgan fingerprint density at radius 1 is 1.69 bits per heavy atom. The van der Waals surface area contributed by atoms with Crippen LogP contribution in [0.3, 0.4) is 0 Å². The van der Waals surface area contributed by atoms with Crippen molar-refractivity contribution in [2.45, 2.75) is 31.7 Å². The van der Waals surface area contributed by atoms with E-state index in [1.807, 2.05) is 17.5 Å². The molecule has 0 aromatic carbocycles. The fourth-order valence-electron chi connectivity index (χ4n) is 1.70. The summed E-state index contributed by atoms with van der Waals surface area (Å²) in [5, 5.41) is 2.02. The number of carbonyl (C=O) groups excluding carboxylic acids is 1. The van der Waals surface area contributed by atoms with E-state index in [-0.39, 0.29) is 5.97 Å². The van der Waals surface area contributed by atoms with E-state index in [9.17, 15) is 4.79 Å². The molecule has 2 N–H and O–H groups in total. The second-order valence-electron chi connectivity index (χ2n) is 4.52. The highest BCUT2D eigenvalue weighted by atomic mass is 32.1. The quantitative estimate of drug-likeness (QED) is 0.799. The minimum atomic E-state index is -0.782. The van der Waals surface area contributed by atoms with Gasteiger partial charge in [-0.25, -0.2) is 0 Å². The molecule has 0 spiro atoms. The van der Waals surface area contributed by atoms with Gasteiger partial charge in [0.05, 0.1) is 6.61 Å². The Hall–Kier alpha value is -0.870. The minimum Gasteiger partial charge on any atom is -0.464 e. The molecule has 1 fully saturated rings. The lowest BCUT2D eigenvalue weighted by molar-refractivity contribution is -0.150. The summed E-state index contributed by atoms with van der Waals surface area (Å²) in [4.78, 5) is 13.0. The smallest absolute Gasteiger partial charge is 0.326 e. The van der Waals surface area contributed by atoms with Crippen molar-refractivity contribution in [2.24, 2.45) is 11.7 Å². The Morgan fingerprint density at radius 3 is 3.00 bits per heavy atom. The van der Waals surface area contributed by atoms with Crippen LogP contribution in [0.4, 0.5) is 0 Å². The van der Waals surface area contributed by atoms with E-state index < -0.39 is 5.54 Å². The first-order valence-corrected chi connectivity index (χ1v) is 6.47. The Balaban J connectivity index is 1.75. The maximum absolute atomic E-state index is 11.7. The minimum absolute atomic E-state index is 0.258. The van der Waals surface area contributed by atoms with Crippen LogP contribution in [0.15, 0.2) is 17.5 Å². The summed E-state index contributed by atoms with van der Waals surface area (Å²) >= 11 is 1.68. The molecule has 1 saturated carbocycles. The van der Waals surface area contributed by atoms with Crippen LogP contribution in [-0.2, 0) is 16.0 Å². The van der Waals surface area contributed by atoms with E-state index in [2.05, 4.69) is 0 Å². The fraction of sp³-hybridized carbons (Fsp3) is 0.583. The molecule has 0 bridgehead atoms. The topological polar surface area (TPSA) is 52.3 Å². The van der Waals surface area contributed by atoms with E-state index in [0.717, 1.165) is 19.3 Å². The van der Waals surface area contributed by atoms with Crippen LogP contribution in [0, 0.1) is 5.92 Å². The molecule has 2 rings (SSSR count). The zero-order valence-electron chi connectivity index (χ0n) is 9.44. The molecule has 1 heterocycles. The van der Waals surface area contributed by atoms with Gasteiger partial charge in [0.1, 0.15) is 5.54 Å². The molecule has 1 atom stereocenters. The van der Waals surface area contributed by atoms with Gasteiger partial charge in [0.25, 0.3) is 0 Å². The molecule has 88 valence electrons. The molecule has 4 heteroatoms. The third-order valence-electron chi connectivity index (χ3n) is 3.03. The number of hydrogen-bond donors (Lipinski definition) is 1. The average Bonchev–Trinajstić information content (AvgIpc) is 2.99. The predicted octanol–water partition coefficient (Wildman–Crippen LogP) is 1.96. The fourth-order valence-corrected chi connectivity index (χ4v) is 2.39. The van der Waals surface area contributed by atoms with E-state index >= 15 is 0 Å². The van der Waals surface area contributed by atoms with Crippen molar-refractivity contribution >= 4 is 17.3 Å². The highest BCUT2D eigenvalue weighted by molar-refractivity contribution is 7.09. The third kappa shape index (κ3) is 2.62. The van der Waals surface area contributed by atoms with Crippen molar-refractivity contribution in [3.05, 3.63) is 22.4 Å². The SMILES string of the molecule is CC(N)(C(=O)OCCc1cccs1)C1CC1. The van der Waals surface area contributed by atoms with Crippen molar-refractivity contribution in [3.8, 4) is 0 Å². The van der Waals surface area contributed by atoms with Crippen LogP contribution in [0.1, 0.15) is 24.6 Å². The molecular weight excluding hydrogens is 222 g/mol. The zero-order valence-corrected chi connectivity index (χ0v) is 10.3. The molecule has 0 radical (unpaired) electrons. The second kappa shape index (κ2) is 4.55. The first-order valence-electron chi connectivity index (χ1n) is 5.59. The Kier molecular flexibility index (Phi) is 3.30. The number of esters is 1. The number of hydrogen-bond acceptors (Lipinski definition) is 4.